The van der Waals surface area contributed by atoms with Crippen molar-refractivity contribution in [2.24, 2.45) is 0 Å². The van der Waals surface area contributed by atoms with Gasteiger partial charge in [-0.15, -0.1) is 0 Å². The molecule has 0 aliphatic heterocycles. The molecule has 0 aliphatic rings. The second-order valence-electron chi connectivity index (χ2n) is 3.83. The van der Waals surface area contributed by atoms with Crippen LogP contribution in [0.15, 0.2) is 18.2 Å². The number of ether oxygens (including phenoxy) is 2. The summed E-state index contributed by atoms with van der Waals surface area (Å²) in [4.78, 5) is 0. The summed E-state index contributed by atoms with van der Waals surface area (Å²) in [5.41, 5.74) is 2.46. The molecule has 0 saturated heterocycles. The third-order valence-corrected chi connectivity index (χ3v) is 2.55. The molecule has 98 valence electrons. The van der Waals surface area contributed by atoms with E-state index in [0.717, 1.165) is 11.3 Å². The van der Waals surface area contributed by atoms with Crippen LogP contribution >= 0.6 is 0 Å². The number of hydrogen-bond donors (Lipinski definition) is 1. The molecule has 0 heterocycles. The van der Waals surface area contributed by atoms with Crippen molar-refractivity contribution in [1.82, 2.24) is 0 Å². The summed E-state index contributed by atoms with van der Waals surface area (Å²) in [6, 6.07) is 7.95. The van der Waals surface area contributed by atoms with Gasteiger partial charge in [0.2, 0.25) is 0 Å². The Hall–Kier alpha value is -1.57. The van der Waals surface area contributed by atoms with Gasteiger partial charge in [-0.2, -0.15) is 5.26 Å². The van der Waals surface area contributed by atoms with E-state index < -0.39 is 0 Å². The number of benzene rings is 1. The molecule has 1 aromatic carbocycles. The van der Waals surface area contributed by atoms with Crippen molar-refractivity contribution in [2.75, 3.05) is 25.1 Å². The van der Waals surface area contributed by atoms with E-state index in [-0.39, 0.29) is 6.29 Å². The molecular weight excluding hydrogens is 228 g/mol. The summed E-state index contributed by atoms with van der Waals surface area (Å²) in [6.07, 6.45) is -0.285. The van der Waals surface area contributed by atoms with Gasteiger partial charge in [-0.05, 0) is 32.4 Å². The van der Waals surface area contributed by atoms with Crippen LogP contribution in [0.4, 0.5) is 5.69 Å². The number of nitrogens with zero attached hydrogens (tertiary/aromatic N) is 1. The predicted molar refractivity (Wildman–Crippen MR) is 71.4 cm³/mol. The summed E-state index contributed by atoms with van der Waals surface area (Å²) in [6.45, 7) is 7.52. The first-order valence-corrected chi connectivity index (χ1v) is 6.19. The van der Waals surface area contributed by atoms with Gasteiger partial charge in [0.1, 0.15) is 6.07 Å². The Bertz CT molecular complexity index is 407. The van der Waals surface area contributed by atoms with Crippen molar-refractivity contribution in [2.45, 2.75) is 27.1 Å². The normalized spacial score (nSPS) is 10.4. The minimum Gasteiger partial charge on any atom is -0.379 e. The molecule has 0 unspecified atom stereocenters. The zero-order valence-electron chi connectivity index (χ0n) is 11.2. The fourth-order valence-electron chi connectivity index (χ4n) is 1.69. The van der Waals surface area contributed by atoms with Gasteiger partial charge in [0.05, 0.1) is 17.8 Å². The number of hydrogen-bond acceptors (Lipinski definition) is 4. The average Bonchev–Trinajstić information content (AvgIpc) is 2.36. The quantitative estimate of drug-likeness (QED) is 0.754. The Balaban J connectivity index is 2.67. The SMILES string of the molecule is CCOC(CNc1cccc(C)c1C#N)OCC. The average molecular weight is 248 g/mol. The van der Waals surface area contributed by atoms with Gasteiger partial charge in [-0.25, -0.2) is 0 Å². The van der Waals surface area contributed by atoms with Crippen molar-refractivity contribution in [3.63, 3.8) is 0 Å². The van der Waals surface area contributed by atoms with Crippen molar-refractivity contribution in [1.29, 1.82) is 5.26 Å². The van der Waals surface area contributed by atoms with Gasteiger partial charge in [-0.3, -0.25) is 0 Å². The second-order valence-corrected chi connectivity index (χ2v) is 3.83. The summed E-state index contributed by atoms with van der Waals surface area (Å²) in [5.74, 6) is 0. The molecule has 0 aliphatic carbocycles. The summed E-state index contributed by atoms with van der Waals surface area (Å²) >= 11 is 0. The van der Waals surface area contributed by atoms with E-state index >= 15 is 0 Å². The summed E-state index contributed by atoms with van der Waals surface area (Å²) in [7, 11) is 0. The van der Waals surface area contributed by atoms with Crippen molar-refractivity contribution in [3.8, 4) is 6.07 Å². The summed E-state index contributed by atoms with van der Waals surface area (Å²) in [5, 5.41) is 12.3. The van der Waals surface area contributed by atoms with Gasteiger partial charge in [-0.1, -0.05) is 12.1 Å². The molecule has 4 nitrogen and oxygen atoms in total. The van der Waals surface area contributed by atoms with Gasteiger partial charge in [0.25, 0.3) is 0 Å². The largest absolute Gasteiger partial charge is 0.379 e. The number of nitriles is 1. The Morgan fingerprint density at radius 1 is 1.28 bits per heavy atom. The second kappa shape index (κ2) is 7.70. The summed E-state index contributed by atoms with van der Waals surface area (Å²) < 4.78 is 10.9. The first-order chi connectivity index (χ1) is 8.72. The molecule has 4 heteroatoms. The molecule has 0 radical (unpaired) electrons. The number of aryl methyl sites for hydroxylation is 1. The van der Waals surface area contributed by atoms with Gasteiger partial charge in [0.15, 0.2) is 6.29 Å². The lowest BCUT2D eigenvalue weighted by molar-refractivity contribution is -0.126. The Kier molecular flexibility index (Phi) is 6.20. The molecule has 0 amide bonds. The Morgan fingerprint density at radius 2 is 1.94 bits per heavy atom. The first-order valence-electron chi connectivity index (χ1n) is 6.19. The van der Waals surface area contributed by atoms with Crippen LogP contribution in [0, 0.1) is 18.3 Å². The first kappa shape index (κ1) is 14.5. The maximum Gasteiger partial charge on any atom is 0.174 e. The highest BCUT2D eigenvalue weighted by Crippen LogP contribution is 2.18. The molecule has 0 bridgehead atoms. The zero-order chi connectivity index (χ0) is 13.4. The van der Waals surface area contributed by atoms with Crippen LogP contribution < -0.4 is 5.32 Å². The van der Waals surface area contributed by atoms with Crippen LogP contribution in [-0.2, 0) is 9.47 Å². The third kappa shape index (κ3) is 4.02. The number of nitrogens with one attached hydrogen (secondary N) is 1. The Morgan fingerprint density at radius 3 is 2.50 bits per heavy atom. The maximum atomic E-state index is 9.12. The lowest BCUT2D eigenvalue weighted by Crippen LogP contribution is -2.26. The zero-order valence-corrected chi connectivity index (χ0v) is 11.2. The molecule has 1 N–H and O–H groups in total. The highest BCUT2D eigenvalue weighted by Gasteiger charge is 2.10. The highest BCUT2D eigenvalue weighted by molar-refractivity contribution is 5.60. The molecule has 0 saturated carbocycles. The van der Waals surface area contributed by atoms with Gasteiger partial charge in [0, 0.05) is 13.2 Å². The van der Waals surface area contributed by atoms with Crippen LogP contribution in [0.1, 0.15) is 25.0 Å². The predicted octanol–water partition coefficient (Wildman–Crippen LogP) is 2.68. The monoisotopic (exact) mass is 248 g/mol. The third-order valence-electron chi connectivity index (χ3n) is 2.55. The minimum atomic E-state index is -0.285. The maximum absolute atomic E-state index is 9.12. The molecule has 0 fully saturated rings. The molecule has 0 spiro atoms. The van der Waals surface area contributed by atoms with Gasteiger partial charge < -0.3 is 14.8 Å². The fraction of sp³-hybridized carbons (Fsp3) is 0.500. The Labute approximate surface area is 109 Å². The molecule has 1 rings (SSSR count). The van der Waals surface area contributed by atoms with Crippen LogP contribution in [0.3, 0.4) is 0 Å². The standard InChI is InChI=1S/C14H20N2O2/c1-4-17-14(18-5-2)10-16-13-8-6-7-11(3)12(13)9-15/h6-8,14,16H,4-5,10H2,1-3H3. The van der Waals surface area contributed by atoms with Crippen LogP contribution in [0.25, 0.3) is 0 Å². The molecule has 0 aromatic heterocycles. The van der Waals surface area contributed by atoms with E-state index in [1.165, 1.54) is 0 Å². The van der Waals surface area contributed by atoms with Crippen molar-refractivity contribution < 1.29 is 9.47 Å². The molecule has 1 aromatic rings. The smallest absolute Gasteiger partial charge is 0.174 e. The molecular formula is C14H20N2O2. The van der Waals surface area contributed by atoms with E-state index in [4.69, 9.17) is 14.7 Å². The lowest BCUT2D eigenvalue weighted by Gasteiger charge is -2.18. The van der Waals surface area contributed by atoms with E-state index in [1.807, 2.05) is 39.0 Å². The van der Waals surface area contributed by atoms with Gasteiger partial charge >= 0.3 is 0 Å². The van der Waals surface area contributed by atoms with Crippen LogP contribution in [0.5, 0.6) is 0 Å². The van der Waals surface area contributed by atoms with Crippen LogP contribution in [-0.4, -0.2) is 26.0 Å². The van der Waals surface area contributed by atoms with E-state index in [2.05, 4.69) is 11.4 Å². The topological polar surface area (TPSA) is 54.3 Å². The van der Waals surface area contributed by atoms with E-state index in [1.54, 1.807) is 0 Å². The lowest BCUT2D eigenvalue weighted by atomic mass is 10.1. The van der Waals surface area contributed by atoms with E-state index in [0.29, 0.717) is 25.3 Å². The van der Waals surface area contributed by atoms with Crippen molar-refractivity contribution in [3.05, 3.63) is 29.3 Å². The molecule has 0 atom stereocenters. The number of rotatable bonds is 7. The van der Waals surface area contributed by atoms with E-state index in [9.17, 15) is 0 Å². The van der Waals surface area contributed by atoms with Crippen molar-refractivity contribution >= 4 is 5.69 Å². The molecule has 18 heavy (non-hydrogen) atoms. The van der Waals surface area contributed by atoms with Crippen LogP contribution in [0.2, 0.25) is 0 Å². The fourth-order valence-corrected chi connectivity index (χ4v) is 1.69. The minimum absolute atomic E-state index is 0.285. The number of anilines is 1. The highest BCUT2D eigenvalue weighted by atomic mass is 16.7.